The molecule has 11 N–H and O–H groups in total. The van der Waals surface area contributed by atoms with Gasteiger partial charge in [-0.25, -0.2) is 0 Å². The fraction of sp³-hybridized carbons (Fsp3) is 1.00. The van der Waals surface area contributed by atoms with Gasteiger partial charge in [0.25, 0.3) is 0 Å². The maximum atomic E-state index is 10.3. The van der Waals surface area contributed by atoms with Gasteiger partial charge in [0, 0.05) is 0 Å². The maximum absolute atomic E-state index is 10.3. The van der Waals surface area contributed by atoms with Gasteiger partial charge >= 0.3 is 0 Å². The molecule has 0 unspecified atom stereocenters. The lowest BCUT2D eigenvalue weighted by molar-refractivity contribution is -0.388. The lowest BCUT2D eigenvalue weighted by Gasteiger charge is -2.44. The lowest BCUT2D eigenvalue weighted by atomic mass is 9.98. The first kappa shape index (κ1) is 27.9. The van der Waals surface area contributed by atoms with Crippen LogP contribution in [0.3, 0.4) is 0 Å². The van der Waals surface area contributed by atoms with Crippen LogP contribution in [0.25, 0.3) is 0 Å². The van der Waals surface area contributed by atoms with E-state index in [-0.39, 0.29) is 0 Å². The normalized spacial score (nSPS) is 52.1. The van der Waals surface area contributed by atoms with Crippen molar-refractivity contribution in [3.63, 3.8) is 0 Å². The second kappa shape index (κ2) is 11.2. The molecule has 0 radical (unpaired) electrons. The van der Waals surface area contributed by atoms with Crippen molar-refractivity contribution in [3.8, 4) is 0 Å². The molecule has 3 aliphatic rings. The number of rotatable bonds is 8. The van der Waals surface area contributed by atoms with Crippen molar-refractivity contribution in [2.75, 3.05) is 26.4 Å². The van der Waals surface area contributed by atoms with Crippen molar-refractivity contribution in [1.82, 2.24) is 0 Å². The van der Waals surface area contributed by atoms with Crippen LogP contribution in [0.2, 0.25) is 0 Å². The molecular weight excluding hydrogens is 472 g/mol. The quantitative estimate of drug-likeness (QED) is 0.146. The van der Waals surface area contributed by atoms with E-state index in [1.54, 1.807) is 0 Å². The van der Waals surface area contributed by atoms with Crippen LogP contribution in [-0.4, -0.2) is 168 Å². The van der Waals surface area contributed by atoms with E-state index in [0.717, 1.165) is 0 Å². The summed E-state index contributed by atoms with van der Waals surface area (Å²) in [5, 5.41) is 109. The number of hydrogen-bond donors (Lipinski definition) is 11. The molecule has 0 aliphatic carbocycles. The zero-order valence-electron chi connectivity index (χ0n) is 17.8. The van der Waals surface area contributed by atoms with Crippen LogP contribution >= 0.6 is 0 Å². The number of hydrogen-bond acceptors (Lipinski definition) is 16. The molecule has 16 heteroatoms. The molecule has 3 saturated heterocycles. The average molecular weight is 504 g/mol. The van der Waals surface area contributed by atoms with E-state index in [4.69, 9.17) is 23.7 Å². The zero-order chi connectivity index (χ0) is 25.4. The van der Waals surface area contributed by atoms with Gasteiger partial charge in [-0.1, -0.05) is 0 Å². The van der Waals surface area contributed by atoms with Gasteiger partial charge in [-0.15, -0.1) is 0 Å². The highest BCUT2D eigenvalue weighted by Crippen LogP contribution is 2.36. The fourth-order valence-corrected chi connectivity index (χ4v) is 4.01. The van der Waals surface area contributed by atoms with E-state index < -0.39 is 112 Å². The van der Waals surface area contributed by atoms with Gasteiger partial charge in [-0.05, 0) is 0 Å². The highest BCUT2D eigenvalue weighted by atomic mass is 16.8. The van der Waals surface area contributed by atoms with E-state index in [2.05, 4.69) is 0 Å². The van der Waals surface area contributed by atoms with Crippen molar-refractivity contribution < 1.29 is 79.9 Å². The number of ether oxygens (including phenoxy) is 5. The van der Waals surface area contributed by atoms with Crippen LogP contribution in [0.4, 0.5) is 0 Å². The first-order valence-corrected chi connectivity index (χ1v) is 10.6. The maximum Gasteiger partial charge on any atom is 0.224 e. The van der Waals surface area contributed by atoms with Crippen LogP contribution in [0, 0.1) is 0 Å². The Bertz CT molecular complexity index is 653. The molecule has 34 heavy (non-hydrogen) atoms. The van der Waals surface area contributed by atoms with E-state index in [1.165, 1.54) is 0 Å². The van der Waals surface area contributed by atoms with Gasteiger partial charge in [-0.2, -0.15) is 0 Å². The first-order valence-electron chi connectivity index (χ1n) is 10.6. The predicted octanol–water partition coefficient (Wildman–Crippen LogP) is -7.57. The van der Waals surface area contributed by atoms with E-state index >= 15 is 0 Å². The molecule has 16 nitrogen and oxygen atoms in total. The second-order valence-electron chi connectivity index (χ2n) is 8.41. The minimum atomic E-state index is -2.36. The predicted molar refractivity (Wildman–Crippen MR) is 101 cm³/mol. The zero-order valence-corrected chi connectivity index (χ0v) is 17.8. The Morgan fingerprint density at radius 3 is 1.65 bits per heavy atom. The third-order valence-corrected chi connectivity index (χ3v) is 6.16. The molecular formula is C18H32O16. The minimum Gasteiger partial charge on any atom is -0.394 e. The Morgan fingerprint density at radius 2 is 1.12 bits per heavy atom. The Kier molecular flexibility index (Phi) is 9.18. The molecule has 0 bridgehead atoms. The monoisotopic (exact) mass is 504 g/mol. The van der Waals surface area contributed by atoms with Crippen LogP contribution in [-0.2, 0) is 23.7 Å². The largest absolute Gasteiger partial charge is 0.394 e. The van der Waals surface area contributed by atoms with E-state index in [0.29, 0.717) is 0 Å². The van der Waals surface area contributed by atoms with Crippen LogP contribution in [0.5, 0.6) is 0 Å². The second-order valence-corrected chi connectivity index (χ2v) is 8.41. The summed E-state index contributed by atoms with van der Waals surface area (Å²) in [7, 11) is 0. The molecule has 0 saturated carbocycles. The smallest absolute Gasteiger partial charge is 0.224 e. The number of aliphatic hydroxyl groups excluding tert-OH is 11. The van der Waals surface area contributed by atoms with E-state index in [9.17, 15) is 56.2 Å². The van der Waals surface area contributed by atoms with E-state index in [1.807, 2.05) is 0 Å². The van der Waals surface area contributed by atoms with Crippen molar-refractivity contribution in [3.05, 3.63) is 0 Å². The Labute approximate surface area is 192 Å². The SMILES string of the molecule is OC[C@@H]1O[C@H](OC[C@@H]2O[C@H](O[C@]3(CO)O[C@@H](CO)[C@@H](O)[C@@H]3O)[C@@H](O)[C@H](O)[C@@H]2O)[C@@H](O)[C@H](O)[C@H]1O. The highest BCUT2D eigenvalue weighted by Gasteiger charge is 2.58. The van der Waals surface area contributed by atoms with Gasteiger partial charge in [0.15, 0.2) is 12.6 Å². The van der Waals surface area contributed by atoms with Gasteiger partial charge in [0.1, 0.15) is 73.8 Å². The summed E-state index contributed by atoms with van der Waals surface area (Å²) in [6.45, 7) is -3.14. The Hall–Kier alpha value is -0.640. The van der Waals surface area contributed by atoms with Crippen molar-refractivity contribution in [2.45, 2.75) is 85.5 Å². The summed E-state index contributed by atoms with van der Waals surface area (Å²) < 4.78 is 26.4. The van der Waals surface area contributed by atoms with Crippen molar-refractivity contribution in [1.29, 1.82) is 0 Å². The first-order chi connectivity index (χ1) is 16.0. The summed E-state index contributed by atoms with van der Waals surface area (Å²) in [6.07, 6.45) is -21.8. The average Bonchev–Trinajstić information content (AvgIpc) is 3.08. The lowest BCUT2D eigenvalue weighted by Crippen LogP contribution is -2.63. The highest BCUT2D eigenvalue weighted by molar-refractivity contribution is 4.98. The molecule has 0 aromatic carbocycles. The standard InChI is InChI=1S/C18H32O16/c19-1-5-8(22)11(25)13(27)16(31-5)30-3-7-9(23)12(26)14(28)17(32-7)34-18(4-21)15(29)10(24)6(2-20)33-18/h5-17,19-29H,1-4H2/t5-,6-,7-,8-,9+,10+,11+,12+,13-,14-,15-,16-,17+,18-/m0/s1. The minimum absolute atomic E-state index is 0.634. The molecule has 3 fully saturated rings. The molecule has 0 amide bonds. The van der Waals surface area contributed by atoms with Crippen molar-refractivity contribution in [2.24, 2.45) is 0 Å². The molecule has 14 atom stereocenters. The molecule has 3 aliphatic heterocycles. The Balaban J connectivity index is 1.69. The van der Waals surface area contributed by atoms with Crippen molar-refractivity contribution >= 4 is 0 Å². The van der Waals surface area contributed by atoms with Gasteiger partial charge < -0.3 is 79.9 Å². The summed E-state index contributed by atoms with van der Waals surface area (Å²) >= 11 is 0. The van der Waals surface area contributed by atoms with Crippen LogP contribution in [0.15, 0.2) is 0 Å². The molecule has 0 aromatic rings. The van der Waals surface area contributed by atoms with Gasteiger partial charge in [-0.3, -0.25) is 0 Å². The molecule has 3 heterocycles. The molecule has 0 aromatic heterocycles. The summed E-state index contributed by atoms with van der Waals surface area (Å²) in [5.41, 5.74) is 0. The summed E-state index contributed by atoms with van der Waals surface area (Å²) in [4.78, 5) is 0. The topological polar surface area (TPSA) is 269 Å². The summed E-state index contributed by atoms with van der Waals surface area (Å²) in [5.74, 6) is -2.36. The van der Waals surface area contributed by atoms with Gasteiger partial charge in [0.2, 0.25) is 5.79 Å². The third-order valence-electron chi connectivity index (χ3n) is 6.16. The van der Waals surface area contributed by atoms with Crippen LogP contribution in [0.1, 0.15) is 0 Å². The Morgan fingerprint density at radius 1 is 0.588 bits per heavy atom. The number of aliphatic hydroxyl groups is 11. The molecule has 0 spiro atoms. The molecule has 200 valence electrons. The molecule has 3 rings (SSSR count). The summed E-state index contributed by atoms with van der Waals surface area (Å²) in [6, 6.07) is 0. The fourth-order valence-electron chi connectivity index (χ4n) is 4.01. The van der Waals surface area contributed by atoms with Gasteiger partial charge in [0.05, 0.1) is 19.8 Å². The third kappa shape index (κ3) is 5.09. The van der Waals surface area contributed by atoms with Crippen LogP contribution < -0.4 is 0 Å².